The monoisotopic (exact) mass is 408 g/mol. The number of thioether (sulfide) groups is 1. The van der Waals surface area contributed by atoms with Gasteiger partial charge in [-0.25, -0.2) is 0 Å². The summed E-state index contributed by atoms with van der Waals surface area (Å²) in [5.74, 6) is 0.895. The number of aliphatic imine (C=N–C) groups is 1. The number of thiophene rings is 1. The lowest BCUT2D eigenvalue weighted by molar-refractivity contribution is 0.413. The minimum absolute atomic E-state index is 0.0958. The molecular formula is C21H20N4OS2. The van der Waals surface area contributed by atoms with E-state index in [1.165, 1.54) is 0 Å². The molecule has 0 bridgehead atoms. The standard InChI is InChI=1S/C21H20N4OS2/c1-26-15-6-3-5-14(10-15)21(7-4-8-25-21)18-9-13(12-24-18)16-11-17(19(22)23)28-20(16)27-2/h3-12,24H,1-2H3,(H3,22,23). The van der Waals surface area contributed by atoms with Crippen molar-refractivity contribution >= 4 is 35.1 Å². The molecule has 3 heterocycles. The Hall–Kier alpha value is -2.77. The SMILES string of the molecule is COc1cccc(C2(c3cc(-c4cc(C(=N)N)sc4SC)c[nH]3)C=CC=N2)c1. The fourth-order valence-electron chi connectivity index (χ4n) is 3.36. The Kier molecular flexibility index (Phi) is 4.87. The number of hydrogen-bond acceptors (Lipinski definition) is 5. The summed E-state index contributed by atoms with van der Waals surface area (Å²) >= 11 is 3.21. The van der Waals surface area contributed by atoms with Crippen molar-refractivity contribution in [3.8, 4) is 16.9 Å². The molecule has 3 aromatic rings. The van der Waals surface area contributed by atoms with Crippen LogP contribution in [0.5, 0.6) is 5.75 Å². The molecule has 1 aliphatic heterocycles. The average Bonchev–Trinajstić information content (AvgIpc) is 3.46. The van der Waals surface area contributed by atoms with Crippen LogP contribution in [0.15, 0.2) is 63.9 Å². The van der Waals surface area contributed by atoms with E-state index in [4.69, 9.17) is 20.9 Å². The number of hydrogen-bond donors (Lipinski definition) is 3. The number of nitrogen functional groups attached to an aromatic ring is 1. The van der Waals surface area contributed by atoms with Gasteiger partial charge in [-0.15, -0.1) is 23.1 Å². The van der Waals surface area contributed by atoms with Crippen molar-refractivity contribution in [2.45, 2.75) is 9.75 Å². The number of aromatic nitrogens is 1. The van der Waals surface area contributed by atoms with Crippen LogP contribution in [0.25, 0.3) is 11.1 Å². The minimum atomic E-state index is -0.605. The molecule has 0 spiro atoms. The third-order valence-electron chi connectivity index (χ3n) is 4.76. The molecule has 0 saturated carbocycles. The summed E-state index contributed by atoms with van der Waals surface area (Å²) < 4.78 is 6.54. The minimum Gasteiger partial charge on any atom is -0.497 e. The van der Waals surface area contributed by atoms with Gasteiger partial charge >= 0.3 is 0 Å². The van der Waals surface area contributed by atoms with Crippen LogP contribution in [-0.2, 0) is 5.54 Å². The second kappa shape index (κ2) is 7.33. The highest BCUT2D eigenvalue weighted by atomic mass is 32.2. The molecule has 4 N–H and O–H groups in total. The summed E-state index contributed by atoms with van der Waals surface area (Å²) in [4.78, 5) is 8.98. The molecule has 1 atom stereocenters. The second-order valence-corrected chi connectivity index (χ2v) is 8.49. The summed E-state index contributed by atoms with van der Waals surface area (Å²) in [5, 5.41) is 7.74. The van der Waals surface area contributed by atoms with E-state index in [0.717, 1.165) is 37.2 Å². The number of rotatable bonds is 6. The van der Waals surface area contributed by atoms with Gasteiger partial charge in [0.25, 0.3) is 0 Å². The highest BCUT2D eigenvalue weighted by Gasteiger charge is 2.34. The number of allylic oxidation sites excluding steroid dienone is 1. The molecule has 142 valence electrons. The summed E-state index contributed by atoms with van der Waals surface area (Å²) in [6.45, 7) is 0. The second-order valence-electron chi connectivity index (χ2n) is 6.37. The Morgan fingerprint density at radius 1 is 1.32 bits per heavy atom. The van der Waals surface area contributed by atoms with Gasteiger partial charge in [-0.05, 0) is 48.2 Å². The zero-order chi connectivity index (χ0) is 19.7. The molecule has 0 amide bonds. The number of ether oxygens (including phenoxy) is 1. The Labute approximate surface area is 171 Å². The van der Waals surface area contributed by atoms with Gasteiger partial charge in [0.2, 0.25) is 0 Å². The van der Waals surface area contributed by atoms with Crippen LogP contribution < -0.4 is 10.5 Å². The largest absolute Gasteiger partial charge is 0.497 e. The van der Waals surface area contributed by atoms with Gasteiger partial charge in [0.05, 0.1) is 21.9 Å². The smallest absolute Gasteiger partial charge is 0.144 e. The lowest BCUT2D eigenvalue weighted by Crippen LogP contribution is -2.21. The van der Waals surface area contributed by atoms with Gasteiger partial charge in [-0.1, -0.05) is 12.1 Å². The van der Waals surface area contributed by atoms with E-state index in [9.17, 15) is 0 Å². The molecule has 4 rings (SSSR count). The number of methoxy groups -OCH3 is 1. The molecule has 0 fully saturated rings. The number of benzene rings is 1. The van der Waals surface area contributed by atoms with Gasteiger partial charge < -0.3 is 15.5 Å². The van der Waals surface area contributed by atoms with Crippen molar-refractivity contribution < 1.29 is 4.74 Å². The van der Waals surface area contributed by atoms with Crippen LogP contribution in [0.1, 0.15) is 16.1 Å². The van der Waals surface area contributed by atoms with E-state index >= 15 is 0 Å². The van der Waals surface area contributed by atoms with Gasteiger partial charge in [0, 0.05) is 23.5 Å². The topological polar surface area (TPSA) is 87.2 Å². The number of nitrogens with two attached hydrogens (primary N) is 1. The highest BCUT2D eigenvalue weighted by molar-refractivity contribution is 8.00. The highest BCUT2D eigenvalue weighted by Crippen LogP contribution is 2.42. The quantitative estimate of drug-likeness (QED) is 0.315. The number of nitrogens with zero attached hydrogens (tertiary/aromatic N) is 1. The van der Waals surface area contributed by atoms with E-state index in [0.29, 0.717) is 0 Å². The molecule has 1 aliphatic rings. The van der Waals surface area contributed by atoms with Gasteiger partial charge in [-0.3, -0.25) is 10.4 Å². The van der Waals surface area contributed by atoms with Crippen LogP contribution in [0.2, 0.25) is 0 Å². The molecule has 0 aliphatic carbocycles. The van der Waals surface area contributed by atoms with Crippen molar-refractivity contribution in [2.75, 3.05) is 13.4 Å². The maximum Gasteiger partial charge on any atom is 0.144 e. The van der Waals surface area contributed by atoms with Crippen LogP contribution in [0.4, 0.5) is 0 Å². The summed E-state index contributed by atoms with van der Waals surface area (Å²) in [6, 6.07) is 12.1. The Morgan fingerprint density at radius 2 is 2.18 bits per heavy atom. The first-order valence-electron chi connectivity index (χ1n) is 8.66. The molecule has 0 radical (unpaired) electrons. The summed E-state index contributed by atoms with van der Waals surface area (Å²) in [5.41, 5.74) is 9.23. The molecule has 28 heavy (non-hydrogen) atoms. The van der Waals surface area contributed by atoms with Crippen molar-refractivity contribution in [3.05, 3.63) is 70.9 Å². The fraction of sp³-hybridized carbons (Fsp3) is 0.143. The predicted octanol–water partition coefficient (Wildman–Crippen LogP) is 4.64. The molecule has 5 nitrogen and oxygen atoms in total. The number of H-pyrrole nitrogens is 1. The third-order valence-corrected chi connectivity index (χ3v) is 7.07. The van der Waals surface area contributed by atoms with Gasteiger partial charge in [0.15, 0.2) is 0 Å². The van der Waals surface area contributed by atoms with Gasteiger partial charge in [-0.2, -0.15) is 0 Å². The van der Waals surface area contributed by atoms with E-state index in [-0.39, 0.29) is 5.84 Å². The zero-order valence-electron chi connectivity index (χ0n) is 15.5. The molecule has 2 aromatic heterocycles. The van der Waals surface area contributed by atoms with E-state index in [2.05, 4.69) is 23.2 Å². The van der Waals surface area contributed by atoms with Crippen LogP contribution in [-0.4, -0.2) is 30.4 Å². The zero-order valence-corrected chi connectivity index (χ0v) is 17.2. The van der Waals surface area contributed by atoms with Crippen molar-refractivity contribution in [3.63, 3.8) is 0 Å². The van der Waals surface area contributed by atoms with E-state index in [1.54, 1.807) is 30.2 Å². The normalized spacial score (nSPS) is 17.9. The molecule has 7 heteroatoms. The molecule has 0 saturated heterocycles. The molecule has 1 aromatic carbocycles. The maximum absolute atomic E-state index is 7.74. The first-order chi connectivity index (χ1) is 13.6. The third kappa shape index (κ3) is 3.06. The molecular weight excluding hydrogens is 388 g/mol. The first kappa shape index (κ1) is 18.6. The summed E-state index contributed by atoms with van der Waals surface area (Å²) in [7, 11) is 1.67. The average molecular weight is 409 g/mol. The maximum atomic E-state index is 7.74. The van der Waals surface area contributed by atoms with Crippen LogP contribution in [0.3, 0.4) is 0 Å². The fourth-order valence-corrected chi connectivity index (χ4v) is 5.13. The van der Waals surface area contributed by atoms with E-state index < -0.39 is 5.54 Å². The number of nitrogens with one attached hydrogen (secondary N) is 2. The Bertz CT molecular complexity index is 1080. The van der Waals surface area contributed by atoms with E-state index in [1.807, 2.05) is 49.0 Å². The Morgan fingerprint density at radius 3 is 2.86 bits per heavy atom. The van der Waals surface area contributed by atoms with Gasteiger partial charge in [0.1, 0.15) is 17.1 Å². The van der Waals surface area contributed by atoms with Crippen molar-refractivity contribution in [1.29, 1.82) is 5.41 Å². The van der Waals surface area contributed by atoms with Crippen LogP contribution in [0, 0.1) is 5.41 Å². The Balaban J connectivity index is 1.80. The number of amidine groups is 1. The van der Waals surface area contributed by atoms with Crippen molar-refractivity contribution in [2.24, 2.45) is 10.7 Å². The lowest BCUT2D eigenvalue weighted by Gasteiger charge is -2.24. The molecule has 1 unspecified atom stereocenters. The number of aromatic amines is 1. The summed E-state index contributed by atoms with van der Waals surface area (Å²) in [6.07, 6.45) is 9.90. The lowest BCUT2D eigenvalue weighted by atomic mass is 9.87. The predicted molar refractivity (Wildman–Crippen MR) is 118 cm³/mol. The van der Waals surface area contributed by atoms with Crippen LogP contribution >= 0.6 is 23.1 Å². The first-order valence-corrected chi connectivity index (χ1v) is 10.7. The van der Waals surface area contributed by atoms with Crippen molar-refractivity contribution in [1.82, 2.24) is 4.98 Å².